The van der Waals surface area contributed by atoms with Crippen molar-refractivity contribution in [1.82, 2.24) is 14.5 Å². The van der Waals surface area contributed by atoms with Crippen LogP contribution in [0.15, 0.2) is 82.0 Å². The van der Waals surface area contributed by atoms with E-state index in [0.717, 1.165) is 11.6 Å². The number of methoxy groups -OCH3 is 2. The number of hydrogen-bond donors (Lipinski definition) is 3. The summed E-state index contributed by atoms with van der Waals surface area (Å²) in [7, 11) is 6.45. The van der Waals surface area contributed by atoms with Crippen LogP contribution in [0.3, 0.4) is 0 Å². The van der Waals surface area contributed by atoms with Crippen LogP contribution in [0.5, 0.6) is 11.6 Å². The Morgan fingerprint density at radius 3 is 2.44 bits per heavy atom. The van der Waals surface area contributed by atoms with Crippen molar-refractivity contribution >= 4 is 40.6 Å². The average Bonchev–Trinajstić information content (AvgIpc) is 3.09. The van der Waals surface area contributed by atoms with Crippen molar-refractivity contribution < 1.29 is 23.8 Å². The normalized spacial score (nSPS) is 12.5. The summed E-state index contributed by atoms with van der Waals surface area (Å²) in [6, 6.07) is 12.7. The molecule has 2 aromatic heterocycles. The number of hydrogen-bond acceptors (Lipinski definition) is 11. The van der Waals surface area contributed by atoms with E-state index in [0.29, 0.717) is 11.7 Å². The molecule has 0 spiro atoms. The van der Waals surface area contributed by atoms with Crippen molar-refractivity contribution in [3.8, 4) is 17.7 Å². The second-order valence-electron chi connectivity index (χ2n) is 11.5. The Kier molecular flexibility index (Phi) is 11.8. The summed E-state index contributed by atoms with van der Waals surface area (Å²) >= 11 is 6.51. The Hall–Kier alpha value is -5.94. The molecule has 4 rings (SSSR count). The van der Waals surface area contributed by atoms with Crippen LogP contribution in [0.1, 0.15) is 36.6 Å². The number of aliphatic carboxylic acids is 1. The van der Waals surface area contributed by atoms with Crippen molar-refractivity contribution in [1.29, 1.82) is 5.26 Å². The van der Waals surface area contributed by atoms with E-state index in [9.17, 15) is 20.0 Å². The predicted molar refractivity (Wildman–Crippen MR) is 189 cm³/mol. The van der Waals surface area contributed by atoms with E-state index in [1.807, 2.05) is 0 Å². The highest BCUT2D eigenvalue weighted by atomic mass is 35.5. The number of carboxylic acids is 1. The number of halogens is 2. The Morgan fingerprint density at radius 1 is 1.18 bits per heavy atom. The highest BCUT2D eigenvalue weighted by molar-refractivity contribution is 6.30. The number of nitrogens with one attached hydrogen (secondary N) is 1. The van der Waals surface area contributed by atoms with E-state index in [4.69, 9.17) is 31.8 Å². The number of rotatable bonds is 13. The van der Waals surface area contributed by atoms with Crippen molar-refractivity contribution in [3.05, 3.63) is 110 Å². The molecule has 2 aromatic carbocycles. The molecule has 2 heterocycles. The average molecular weight is 703 g/mol. The van der Waals surface area contributed by atoms with Gasteiger partial charge in [0.05, 0.1) is 49.3 Å². The van der Waals surface area contributed by atoms with Crippen LogP contribution in [0.2, 0.25) is 5.02 Å². The number of pyridine rings is 1. The minimum Gasteiger partial charge on any atom is -0.497 e. The summed E-state index contributed by atoms with van der Waals surface area (Å²) in [5.74, 6) is -1.79. The zero-order valence-corrected chi connectivity index (χ0v) is 29.0. The van der Waals surface area contributed by atoms with E-state index in [1.165, 1.54) is 42.3 Å². The monoisotopic (exact) mass is 702 g/mol. The molecule has 1 unspecified atom stereocenters. The lowest BCUT2D eigenvalue weighted by Crippen LogP contribution is -2.31. The number of nitrogens with zero attached hydrogens (tertiary/aromatic N) is 6. The number of nitriles is 1. The lowest BCUT2D eigenvalue weighted by atomic mass is 9.87. The fraction of sp³-hybridized carbons (Fsp3) is 0.257. The van der Waals surface area contributed by atoms with Gasteiger partial charge in [0.25, 0.3) is 5.56 Å². The first kappa shape index (κ1) is 36.9. The molecule has 1 atom stereocenters. The van der Waals surface area contributed by atoms with Gasteiger partial charge in [0.1, 0.15) is 34.7 Å². The van der Waals surface area contributed by atoms with Crippen molar-refractivity contribution in [2.45, 2.75) is 26.4 Å². The molecule has 0 aliphatic carbocycles. The van der Waals surface area contributed by atoms with Gasteiger partial charge in [-0.25, -0.2) is 19.2 Å². The van der Waals surface area contributed by atoms with Gasteiger partial charge in [-0.1, -0.05) is 43.6 Å². The Labute approximate surface area is 293 Å². The molecule has 260 valence electrons. The fourth-order valence-electron chi connectivity index (χ4n) is 5.01. The molecule has 0 amide bonds. The third kappa shape index (κ3) is 8.37. The molecule has 0 saturated heterocycles. The second kappa shape index (κ2) is 16.0. The molecule has 0 aliphatic rings. The highest BCUT2D eigenvalue weighted by Gasteiger charge is 2.30. The summed E-state index contributed by atoms with van der Waals surface area (Å²) in [6.45, 7) is 3.65. The SMILES string of the molecule is COc1ccc(Cn2cc(Cl)cc(NC(C(C(=Nc3cnc(N(C)C)nc3OC)C(C)C)=C(N)C(=O)O)c3ccc(C#N)c(F)c3)c2=O)cc1. The van der Waals surface area contributed by atoms with Gasteiger partial charge in [-0.2, -0.15) is 10.2 Å². The summed E-state index contributed by atoms with van der Waals surface area (Å²) in [5.41, 5.74) is 6.01. The van der Waals surface area contributed by atoms with Crippen LogP contribution in [0.4, 0.5) is 21.7 Å². The smallest absolute Gasteiger partial charge is 0.352 e. The van der Waals surface area contributed by atoms with E-state index in [2.05, 4.69) is 15.3 Å². The molecule has 0 fully saturated rings. The number of nitrogens with two attached hydrogens (primary N) is 1. The molecule has 0 aliphatic heterocycles. The molecule has 13 nitrogen and oxygen atoms in total. The van der Waals surface area contributed by atoms with Gasteiger partial charge in [-0.15, -0.1) is 0 Å². The maximum Gasteiger partial charge on any atom is 0.352 e. The lowest BCUT2D eigenvalue weighted by molar-refractivity contribution is -0.132. The van der Waals surface area contributed by atoms with Crippen LogP contribution < -0.4 is 31.0 Å². The number of aliphatic imine (C=N–C) groups is 1. The van der Waals surface area contributed by atoms with Crippen molar-refractivity contribution in [3.63, 3.8) is 0 Å². The standard InChI is InChI=1S/C35H36ClFN8O5/c1-19(2)30(42-27-16-40-35(44(3)4)43-32(27)50-6)28(29(39)34(47)48)31(21-9-10-22(15-38)25(37)13-21)41-26-14-23(36)18-45(33(26)46)17-20-7-11-24(49-5)12-8-20/h7-14,16,18-19,31,41H,17,39H2,1-6H3,(H,47,48). The Morgan fingerprint density at radius 2 is 1.88 bits per heavy atom. The lowest BCUT2D eigenvalue weighted by Gasteiger charge is -2.27. The Bertz CT molecular complexity index is 2060. The molecule has 0 bridgehead atoms. The number of aromatic nitrogens is 3. The van der Waals surface area contributed by atoms with Gasteiger partial charge in [0, 0.05) is 25.9 Å². The number of carboxylic acid groups (broad SMARTS) is 1. The first-order valence-electron chi connectivity index (χ1n) is 15.2. The van der Waals surface area contributed by atoms with E-state index < -0.39 is 35.0 Å². The van der Waals surface area contributed by atoms with Gasteiger partial charge in [0.15, 0.2) is 0 Å². The topological polar surface area (TPSA) is 181 Å². The summed E-state index contributed by atoms with van der Waals surface area (Å²) in [4.78, 5) is 41.7. The number of ether oxygens (including phenoxy) is 2. The molecular weight excluding hydrogens is 667 g/mol. The van der Waals surface area contributed by atoms with Crippen LogP contribution in [-0.4, -0.2) is 59.6 Å². The molecular formula is C35H36ClFN8O5. The number of benzene rings is 2. The fourth-order valence-corrected chi connectivity index (χ4v) is 5.23. The maximum atomic E-state index is 15.2. The van der Waals surface area contributed by atoms with Crippen molar-refractivity contribution in [2.24, 2.45) is 16.6 Å². The van der Waals surface area contributed by atoms with Crippen LogP contribution in [0, 0.1) is 23.1 Å². The highest BCUT2D eigenvalue weighted by Crippen LogP contribution is 2.35. The summed E-state index contributed by atoms with van der Waals surface area (Å²) in [6.07, 6.45) is 2.87. The molecule has 15 heteroatoms. The molecule has 4 aromatic rings. The minimum atomic E-state index is -1.50. The molecule has 4 N–H and O–H groups in total. The zero-order chi connectivity index (χ0) is 36.7. The minimum absolute atomic E-state index is 0.0455. The van der Waals surface area contributed by atoms with E-state index in [1.54, 1.807) is 70.3 Å². The molecule has 50 heavy (non-hydrogen) atoms. The van der Waals surface area contributed by atoms with Gasteiger partial charge < -0.3 is 35.1 Å². The Balaban J connectivity index is 1.97. The quantitative estimate of drug-likeness (QED) is 0.121. The first-order chi connectivity index (χ1) is 23.8. The maximum absolute atomic E-state index is 15.2. The molecule has 0 radical (unpaired) electrons. The third-order valence-corrected chi connectivity index (χ3v) is 7.71. The summed E-state index contributed by atoms with van der Waals surface area (Å²) in [5, 5.41) is 22.9. The predicted octanol–water partition coefficient (Wildman–Crippen LogP) is 5.31. The van der Waals surface area contributed by atoms with Crippen LogP contribution >= 0.6 is 11.6 Å². The first-order valence-corrected chi connectivity index (χ1v) is 15.5. The van der Waals surface area contributed by atoms with Crippen LogP contribution in [0.25, 0.3) is 0 Å². The van der Waals surface area contributed by atoms with Crippen molar-refractivity contribution in [2.75, 3.05) is 38.5 Å². The van der Waals surface area contributed by atoms with Crippen LogP contribution in [-0.2, 0) is 11.3 Å². The summed E-state index contributed by atoms with van der Waals surface area (Å²) < 4.78 is 27.3. The van der Waals surface area contributed by atoms with Gasteiger partial charge >= 0.3 is 5.97 Å². The largest absolute Gasteiger partial charge is 0.497 e. The van der Waals surface area contributed by atoms with Gasteiger partial charge in [0.2, 0.25) is 11.8 Å². The third-order valence-electron chi connectivity index (χ3n) is 7.50. The number of carbonyl (C=O) groups is 1. The number of anilines is 2. The second-order valence-corrected chi connectivity index (χ2v) is 12.0. The van der Waals surface area contributed by atoms with Gasteiger partial charge in [-0.3, -0.25) is 4.79 Å². The zero-order valence-electron chi connectivity index (χ0n) is 28.2. The van der Waals surface area contributed by atoms with E-state index >= 15 is 4.39 Å². The molecule has 0 saturated carbocycles. The van der Waals surface area contributed by atoms with Gasteiger partial charge in [-0.05, 0) is 47.4 Å². The van der Waals surface area contributed by atoms with E-state index in [-0.39, 0.29) is 51.2 Å².